The maximum atomic E-state index is 12.8. The predicted octanol–water partition coefficient (Wildman–Crippen LogP) is -1.67. The summed E-state index contributed by atoms with van der Waals surface area (Å²) in [6, 6.07) is 2.89. The first-order chi connectivity index (χ1) is 14.0. The first-order valence-electron chi connectivity index (χ1n) is 8.96. The molecule has 0 aromatic carbocycles. The molecule has 2 heterocycles. The number of hydrogen-bond donors (Lipinski definition) is 3. The minimum Gasteiger partial charge on any atom is -0.354 e. The highest BCUT2D eigenvalue weighted by atomic mass is 32.2. The fourth-order valence-electron chi connectivity index (χ4n) is 2.63. The minimum absolute atomic E-state index is 0.0446. The summed E-state index contributed by atoms with van der Waals surface area (Å²) in [5.41, 5.74) is 2.83. The van der Waals surface area contributed by atoms with Crippen LogP contribution < -0.4 is 16.1 Å². The fourth-order valence-corrected chi connectivity index (χ4v) is 4.38. The highest BCUT2D eigenvalue weighted by Crippen LogP contribution is 2.29. The summed E-state index contributed by atoms with van der Waals surface area (Å²) in [6.07, 6.45) is 3.77. The Balaban J connectivity index is 1.97. The Morgan fingerprint density at radius 3 is 2.37 bits per heavy atom. The average molecular weight is 480 g/mol. The van der Waals surface area contributed by atoms with Crippen LogP contribution in [0.3, 0.4) is 0 Å². The molecule has 0 saturated heterocycles. The Hall–Kier alpha value is -2.03. The molecular weight excluding hydrogens is 454 g/mol. The zero-order chi connectivity index (χ0) is 22.4. The van der Waals surface area contributed by atoms with Crippen LogP contribution in [-0.4, -0.2) is 89.7 Å². The largest absolute Gasteiger partial charge is 0.354 e. The van der Waals surface area contributed by atoms with Crippen LogP contribution in [0.4, 0.5) is 0 Å². The first kappa shape index (κ1) is 24.2. The molecule has 1 aliphatic rings. The number of rotatable bonds is 11. The maximum Gasteiger partial charge on any atom is 0.247 e. The molecule has 1 aromatic heterocycles. The number of thiophene rings is 1. The highest BCUT2D eigenvalue weighted by Gasteiger charge is 2.38. The van der Waals surface area contributed by atoms with Gasteiger partial charge in [-0.1, -0.05) is 6.07 Å². The molecule has 3 N–H and O–H groups in total. The third kappa shape index (κ3) is 8.01. The molecule has 1 aromatic rings. The smallest absolute Gasteiger partial charge is 0.247 e. The van der Waals surface area contributed by atoms with E-state index in [1.807, 2.05) is 17.5 Å². The molecule has 2 atom stereocenters. The average Bonchev–Trinajstić information content (AvgIpc) is 3.26. The summed E-state index contributed by atoms with van der Waals surface area (Å²) in [7, 11) is -6.38. The zero-order valence-electron chi connectivity index (χ0n) is 16.6. The Morgan fingerprint density at radius 1 is 1.10 bits per heavy atom. The molecule has 2 rings (SSSR count). The lowest BCUT2D eigenvalue weighted by Crippen LogP contribution is -2.52. The van der Waals surface area contributed by atoms with Crippen molar-refractivity contribution in [1.29, 1.82) is 0 Å². The predicted molar refractivity (Wildman–Crippen MR) is 115 cm³/mol. The molecule has 11 nitrogen and oxygen atoms in total. The molecule has 168 valence electrons. The second-order valence-corrected chi connectivity index (χ2v) is 12.3. The van der Waals surface area contributed by atoms with Gasteiger partial charge in [-0.25, -0.2) is 27.4 Å². The van der Waals surface area contributed by atoms with E-state index in [4.69, 9.17) is 0 Å². The second kappa shape index (κ2) is 10.3. The molecule has 0 spiro atoms. The topological polar surface area (TPSA) is 154 Å². The van der Waals surface area contributed by atoms with Gasteiger partial charge >= 0.3 is 0 Å². The molecule has 0 bridgehead atoms. The van der Waals surface area contributed by atoms with Gasteiger partial charge in [-0.15, -0.1) is 11.3 Å². The number of hydrogen-bond acceptors (Lipinski definition) is 10. The second-order valence-electron chi connectivity index (χ2n) is 6.83. The molecule has 1 aliphatic heterocycles. The van der Waals surface area contributed by atoms with E-state index in [0.29, 0.717) is 0 Å². The monoisotopic (exact) mass is 479 g/mol. The third-order valence-corrected chi connectivity index (χ3v) is 6.93. The Morgan fingerprint density at radius 2 is 1.77 bits per heavy atom. The van der Waals surface area contributed by atoms with Gasteiger partial charge in [0.25, 0.3) is 0 Å². The van der Waals surface area contributed by atoms with Crippen LogP contribution in [0.1, 0.15) is 10.8 Å². The van der Waals surface area contributed by atoms with Gasteiger partial charge in [-0.2, -0.15) is 5.10 Å². The molecular formula is C16H25N5O6S3. The van der Waals surface area contributed by atoms with Crippen molar-refractivity contribution in [2.75, 3.05) is 43.7 Å². The Bertz CT molecular complexity index is 975. The van der Waals surface area contributed by atoms with E-state index in [0.717, 1.165) is 17.4 Å². The van der Waals surface area contributed by atoms with Gasteiger partial charge in [0.2, 0.25) is 11.8 Å². The van der Waals surface area contributed by atoms with Crippen molar-refractivity contribution in [3.8, 4) is 0 Å². The van der Waals surface area contributed by atoms with Crippen LogP contribution in [0.25, 0.3) is 0 Å². The summed E-state index contributed by atoms with van der Waals surface area (Å²) < 4.78 is 44.9. The van der Waals surface area contributed by atoms with Crippen LogP contribution in [0.15, 0.2) is 22.6 Å². The van der Waals surface area contributed by atoms with Crippen molar-refractivity contribution in [2.45, 2.75) is 12.0 Å². The van der Waals surface area contributed by atoms with E-state index in [-0.39, 0.29) is 37.1 Å². The minimum atomic E-state index is -3.20. The van der Waals surface area contributed by atoms with E-state index < -0.39 is 37.5 Å². The quantitative estimate of drug-likeness (QED) is 0.340. The van der Waals surface area contributed by atoms with Gasteiger partial charge < -0.3 is 10.6 Å². The maximum absolute atomic E-state index is 12.8. The van der Waals surface area contributed by atoms with Crippen molar-refractivity contribution in [3.63, 3.8) is 0 Å². The number of hydrazine groups is 1. The van der Waals surface area contributed by atoms with Gasteiger partial charge in [-0.05, 0) is 11.4 Å². The normalized spacial score (nSPS) is 19.1. The van der Waals surface area contributed by atoms with E-state index in [1.54, 1.807) is 6.21 Å². The number of carbonyl (C=O) groups excluding carboxylic acids is 2. The van der Waals surface area contributed by atoms with Crippen LogP contribution in [-0.2, 0) is 29.3 Å². The standard InChI is InChI=1S/C16H25N5O6S3/c1-29(24,25)8-5-17-14(22)11-18-16(23)15-12(13-4-3-7-28-13)10-20-21(15)19-6-9-30(2,26)27/h3-4,7,10,12,15,19H,5-6,8-9,11H2,1-2H3,(H,17,22)(H,18,23). The third-order valence-electron chi connectivity index (χ3n) is 4.06. The summed E-state index contributed by atoms with van der Waals surface area (Å²) >= 11 is 1.45. The summed E-state index contributed by atoms with van der Waals surface area (Å²) in [6.45, 7) is -0.298. The molecule has 14 heteroatoms. The molecule has 2 amide bonds. The Kier molecular flexibility index (Phi) is 8.34. The van der Waals surface area contributed by atoms with Crippen LogP contribution in [0.2, 0.25) is 0 Å². The van der Waals surface area contributed by atoms with Crippen molar-refractivity contribution in [2.24, 2.45) is 5.10 Å². The van der Waals surface area contributed by atoms with Crippen LogP contribution >= 0.6 is 11.3 Å². The molecule has 0 saturated carbocycles. The molecule has 0 radical (unpaired) electrons. The van der Waals surface area contributed by atoms with Gasteiger partial charge in [0.05, 0.1) is 24.0 Å². The van der Waals surface area contributed by atoms with Crippen LogP contribution in [0, 0.1) is 0 Å². The highest BCUT2D eigenvalue weighted by molar-refractivity contribution is 7.90. The van der Waals surface area contributed by atoms with Gasteiger partial charge in [0.15, 0.2) is 6.04 Å². The SMILES string of the molecule is CS(=O)(=O)CCNC(=O)CNC(=O)C1C(c2cccs2)C=NN1NCCS(C)(=O)=O. The zero-order valence-corrected chi connectivity index (χ0v) is 19.0. The van der Waals surface area contributed by atoms with Gasteiger partial charge in [0, 0.05) is 36.7 Å². The molecule has 0 aliphatic carbocycles. The summed E-state index contributed by atoms with van der Waals surface area (Å²) in [5, 5.41) is 12.3. The van der Waals surface area contributed by atoms with Crippen molar-refractivity contribution in [1.82, 2.24) is 21.2 Å². The number of sulfone groups is 2. The first-order valence-corrected chi connectivity index (χ1v) is 14.0. The van der Waals surface area contributed by atoms with E-state index in [9.17, 15) is 26.4 Å². The number of amides is 2. The number of nitrogens with one attached hydrogen (secondary N) is 3. The molecule has 0 fully saturated rings. The van der Waals surface area contributed by atoms with E-state index in [1.165, 1.54) is 16.5 Å². The lowest BCUT2D eigenvalue weighted by Gasteiger charge is -2.26. The number of carbonyl (C=O) groups is 2. The lowest BCUT2D eigenvalue weighted by atomic mass is 10.00. The number of nitrogens with zero attached hydrogens (tertiary/aromatic N) is 2. The number of hydrazone groups is 1. The van der Waals surface area contributed by atoms with E-state index in [2.05, 4.69) is 21.2 Å². The summed E-state index contributed by atoms with van der Waals surface area (Å²) in [5.74, 6) is -1.68. The van der Waals surface area contributed by atoms with Crippen molar-refractivity contribution >= 4 is 49.0 Å². The van der Waals surface area contributed by atoms with Crippen LogP contribution in [0.5, 0.6) is 0 Å². The fraction of sp³-hybridized carbons (Fsp3) is 0.562. The van der Waals surface area contributed by atoms with E-state index >= 15 is 0 Å². The molecule has 30 heavy (non-hydrogen) atoms. The van der Waals surface area contributed by atoms with Gasteiger partial charge in [-0.3, -0.25) is 9.59 Å². The summed E-state index contributed by atoms with van der Waals surface area (Å²) in [4.78, 5) is 25.6. The Labute approximate surface area is 179 Å². The van der Waals surface area contributed by atoms with Gasteiger partial charge in [0.1, 0.15) is 19.7 Å². The molecule has 2 unspecified atom stereocenters. The van der Waals surface area contributed by atoms with Crippen molar-refractivity contribution in [3.05, 3.63) is 22.4 Å². The lowest BCUT2D eigenvalue weighted by molar-refractivity contribution is -0.130. The van der Waals surface area contributed by atoms with Crippen molar-refractivity contribution < 1.29 is 26.4 Å².